The minimum absolute atomic E-state index is 0.0921. The fraction of sp³-hybridized carbons (Fsp3) is 0.294. The Kier molecular flexibility index (Phi) is 8.21. The predicted molar refractivity (Wildman–Crippen MR) is 108 cm³/mol. The van der Waals surface area contributed by atoms with Gasteiger partial charge in [0.25, 0.3) is 0 Å². The van der Waals surface area contributed by atoms with Gasteiger partial charge < -0.3 is 15.4 Å². The molecular weight excluding hydrogens is 442 g/mol. The third-order valence-corrected chi connectivity index (χ3v) is 4.97. The second-order valence-electron chi connectivity index (χ2n) is 5.18. The lowest BCUT2D eigenvalue weighted by molar-refractivity contribution is -0.118. The van der Waals surface area contributed by atoms with Crippen molar-refractivity contribution in [2.24, 2.45) is 0 Å². The van der Waals surface area contributed by atoms with E-state index in [1.807, 2.05) is 24.4 Å². The van der Waals surface area contributed by atoms with Crippen LogP contribution in [-0.2, 0) is 11.2 Å². The van der Waals surface area contributed by atoms with Crippen LogP contribution in [0.15, 0.2) is 34.1 Å². The number of hydrogen-bond acceptors (Lipinski definition) is 5. The SMILES string of the molecule is CCOc1c(Br)cc(Cl)cc1NCC(=O)NC(=O)NCCc1cccs1. The van der Waals surface area contributed by atoms with Gasteiger partial charge in [0.2, 0.25) is 5.91 Å². The number of thiophene rings is 1. The molecule has 0 aliphatic rings. The van der Waals surface area contributed by atoms with Crippen LogP contribution in [0.25, 0.3) is 0 Å². The number of amides is 3. The average Bonchev–Trinajstić information content (AvgIpc) is 3.09. The first kappa shape index (κ1) is 20.5. The Labute approximate surface area is 169 Å². The second-order valence-corrected chi connectivity index (χ2v) is 7.51. The zero-order chi connectivity index (χ0) is 18.9. The number of urea groups is 1. The van der Waals surface area contributed by atoms with Crippen LogP contribution < -0.4 is 20.7 Å². The lowest BCUT2D eigenvalue weighted by Gasteiger charge is -2.14. The van der Waals surface area contributed by atoms with Crippen molar-refractivity contribution in [2.45, 2.75) is 13.3 Å². The quantitative estimate of drug-likeness (QED) is 0.555. The molecule has 0 bridgehead atoms. The molecular formula is C17H19BrClN3O3S. The van der Waals surface area contributed by atoms with E-state index in [0.717, 1.165) is 6.42 Å². The fourth-order valence-corrected chi connectivity index (χ4v) is 3.76. The van der Waals surface area contributed by atoms with Crippen LogP contribution in [0, 0.1) is 0 Å². The molecule has 0 atom stereocenters. The van der Waals surface area contributed by atoms with E-state index in [9.17, 15) is 9.59 Å². The van der Waals surface area contributed by atoms with Crippen LogP contribution in [-0.4, -0.2) is 31.6 Å². The molecule has 1 aromatic heterocycles. The molecule has 0 fully saturated rings. The van der Waals surface area contributed by atoms with Crippen LogP contribution in [0.4, 0.5) is 10.5 Å². The summed E-state index contributed by atoms with van der Waals surface area (Å²) in [5.74, 6) is 0.0993. The third kappa shape index (κ3) is 6.51. The van der Waals surface area contributed by atoms with Crippen LogP contribution in [0.3, 0.4) is 0 Å². The summed E-state index contributed by atoms with van der Waals surface area (Å²) in [5.41, 5.74) is 0.569. The summed E-state index contributed by atoms with van der Waals surface area (Å²) >= 11 is 11.0. The highest BCUT2D eigenvalue weighted by Gasteiger charge is 2.12. The highest BCUT2D eigenvalue weighted by atomic mass is 79.9. The molecule has 0 saturated carbocycles. The molecule has 2 aromatic rings. The summed E-state index contributed by atoms with van der Waals surface area (Å²) < 4.78 is 6.23. The van der Waals surface area contributed by atoms with Crippen molar-refractivity contribution in [2.75, 3.05) is 25.0 Å². The summed E-state index contributed by atoms with van der Waals surface area (Å²) in [6.45, 7) is 2.69. The number of carbonyl (C=O) groups excluding carboxylic acids is 2. The van der Waals surface area contributed by atoms with Crippen molar-refractivity contribution in [3.8, 4) is 5.75 Å². The van der Waals surface area contributed by atoms with E-state index >= 15 is 0 Å². The van der Waals surface area contributed by atoms with E-state index in [-0.39, 0.29) is 6.54 Å². The van der Waals surface area contributed by atoms with E-state index in [1.165, 1.54) is 4.88 Å². The molecule has 0 spiro atoms. The summed E-state index contributed by atoms with van der Waals surface area (Å²) in [5, 5.41) is 10.3. The first-order valence-corrected chi connectivity index (χ1v) is 10.0. The van der Waals surface area contributed by atoms with E-state index < -0.39 is 11.9 Å². The predicted octanol–water partition coefficient (Wildman–Crippen LogP) is 4.04. The Morgan fingerprint density at radius 1 is 1.35 bits per heavy atom. The summed E-state index contributed by atoms with van der Waals surface area (Å²) in [6.07, 6.45) is 0.728. The van der Waals surface area contributed by atoms with Gasteiger partial charge in [0, 0.05) is 16.4 Å². The van der Waals surface area contributed by atoms with E-state index in [0.29, 0.717) is 34.1 Å². The number of benzene rings is 1. The Bertz CT molecular complexity index is 756. The van der Waals surface area contributed by atoms with Gasteiger partial charge in [-0.2, -0.15) is 0 Å². The number of ether oxygens (including phenoxy) is 1. The standard InChI is InChI=1S/C17H19BrClN3O3S/c1-2-25-16-13(18)8-11(19)9-14(16)21-10-15(23)22-17(24)20-6-5-12-4-3-7-26-12/h3-4,7-9,21H,2,5-6,10H2,1H3,(H2,20,22,23,24). The Hall–Kier alpha value is -1.77. The Balaban J connectivity index is 1.80. The molecule has 26 heavy (non-hydrogen) atoms. The lowest BCUT2D eigenvalue weighted by Crippen LogP contribution is -2.42. The van der Waals surface area contributed by atoms with Gasteiger partial charge in [-0.25, -0.2) is 4.79 Å². The van der Waals surface area contributed by atoms with Gasteiger partial charge in [0.15, 0.2) is 5.75 Å². The number of hydrogen-bond donors (Lipinski definition) is 3. The van der Waals surface area contributed by atoms with Gasteiger partial charge in [-0.05, 0) is 52.9 Å². The smallest absolute Gasteiger partial charge is 0.321 e. The van der Waals surface area contributed by atoms with Crippen LogP contribution in [0.5, 0.6) is 5.75 Å². The molecule has 2 rings (SSSR count). The number of halogens is 2. The first-order chi connectivity index (χ1) is 12.5. The van der Waals surface area contributed by atoms with Gasteiger partial charge in [-0.3, -0.25) is 10.1 Å². The maximum absolute atomic E-state index is 11.9. The number of nitrogens with one attached hydrogen (secondary N) is 3. The normalized spacial score (nSPS) is 10.3. The Morgan fingerprint density at radius 2 is 2.15 bits per heavy atom. The van der Waals surface area contributed by atoms with Crippen molar-refractivity contribution >= 4 is 56.5 Å². The molecule has 9 heteroatoms. The molecule has 0 saturated heterocycles. The van der Waals surface area contributed by atoms with Crippen molar-refractivity contribution < 1.29 is 14.3 Å². The number of carbonyl (C=O) groups is 2. The highest BCUT2D eigenvalue weighted by molar-refractivity contribution is 9.10. The molecule has 0 radical (unpaired) electrons. The molecule has 140 valence electrons. The van der Waals surface area contributed by atoms with E-state index in [2.05, 4.69) is 31.9 Å². The maximum Gasteiger partial charge on any atom is 0.321 e. The highest BCUT2D eigenvalue weighted by Crippen LogP contribution is 2.36. The van der Waals surface area contributed by atoms with Crippen molar-refractivity contribution in [3.63, 3.8) is 0 Å². The monoisotopic (exact) mass is 459 g/mol. The third-order valence-electron chi connectivity index (χ3n) is 3.23. The molecule has 1 aromatic carbocycles. The van der Waals surface area contributed by atoms with Crippen molar-refractivity contribution in [1.82, 2.24) is 10.6 Å². The van der Waals surface area contributed by atoms with Gasteiger partial charge in [0.05, 0.1) is 23.3 Å². The summed E-state index contributed by atoms with van der Waals surface area (Å²) in [7, 11) is 0. The Morgan fingerprint density at radius 3 is 2.85 bits per heavy atom. The second kappa shape index (κ2) is 10.4. The van der Waals surface area contributed by atoms with Crippen molar-refractivity contribution in [3.05, 3.63) is 44.0 Å². The van der Waals surface area contributed by atoms with Gasteiger partial charge >= 0.3 is 6.03 Å². The van der Waals surface area contributed by atoms with Gasteiger partial charge in [-0.15, -0.1) is 11.3 Å². The van der Waals surface area contributed by atoms with Crippen LogP contribution in [0.1, 0.15) is 11.8 Å². The number of rotatable bonds is 8. The molecule has 0 unspecified atom stereocenters. The molecule has 6 nitrogen and oxygen atoms in total. The van der Waals surface area contributed by atoms with Crippen LogP contribution in [0.2, 0.25) is 5.02 Å². The minimum atomic E-state index is -0.523. The van der Waals surface area contributed by atoms with Gasteiger partial charge in [-0.1, -0.05) is 17.7 Å². The van der Waals surface area contributed by atoms with Crippen molar-refractivity contribution in [1.29, 1.82) is 0 Å². The maximum atomic E-state index is 11.9. The number of anilines is 1. The minimum Gasteiger partial charge on any atom is -0.491 e. The molecule has 0 aliphatic carbocycles. The topological polar surface area (TPSA) is 79.5 Å². The zero-order valence-electron chi connectivity index (χ0n) is 14.1. The van der Waals surface area contributed by atoms with Crippen LogP contribution >= 0.6 is 38.9 Å². The van der Waals surface area contributed by atoms with E-state index in [1.54, 1.807) is 23.5 Å². The first-order valence-electron chi connectivity index (χ1n) is 7.95. The van der Waals surface area contributed by atoms with E-state index in [4.69, 9.17) is 16.3 Å². The molecule has 1 heterocycles. The fourth-order valence-electron chi connectivity index (χ4n) is 2.13. The molecule has 3 N–H and O–H groups in total. The summed E-state index contributed by atoms with van der Waals surface area (Å²) in [4.78, 5) is 24.9. The lowest BCUT2D eigenvalue weighted by atomic mass is 10.3. The van der Waals surface area contributed by atoms with Gasteiger partial charge in [0.1, 0.15) is 0 Å². The zero-order valence-corrected chi connectivity index (χ0v) is 17.3. The molecule has 3 amide bonds. The summed E-state index contributed by atoms with van der Waals surface area (Å²) in [6, 6.07) is 6.80. The molecule has 0 aliphatic heterocycles. The average molecular weight is 461 g/mol. The number of imide groups is 1. The largest absolute Gasteiger partial charge is 0.491 e.